The minimum atomic E-state index is 0.576. The second-order valence-electron chi connectivity index (χ2n) is 4.83. The van der Waals surface area contributed by atoms with Crippen molar-refractivity contribution < 1.29 is 0 Å². The first-order valence-corrected chi connectivity index (χ1v) is 6.26. The highest BCUT2D eigenvalue weighted by molar-refractivity contribution is 5.30. The van der Waals surface area contributed by atoms with Gasteiger partial charge in [-0.1, -0.05) is 38.1 Å². The SMILES string of the molecule is Cc1cnc(NCc2ccc(C(C)C)cc2)nc1. The third-order valence-corrected chi connectivity index (χ3v) is 2.88. The molecule has 0 saturated heterocycles. The van der Waals surface area contributed by atoms with Gasteiger partial charge in [-0.05, 0) is 29.5 Å². The van der Waals surface area contributed by atoms with Gasteiger partial charge >= 0.3 is 0 Å². The minimum absolute atomic E-state index is 0.576. The molecule has 3 heteroatoms. The number of benzene rings is 1. The summed E-state index contributed by atoms with van der Waals surface area (Å²) in [6.07, 6.45) is 3.63. The monoisotopic (exact) mass is 241 g/mol. The van der Waals surface area contributed by atoms with Crippen LogP contribution < -0.4 is 5.32 Å². The van der Waals surface area contributed by atoms with Gasteiger partial charge in [0.2, 0.25) is 5.95 Å². The van der Waals surface area contributed by atoms with Crippen LogP contribution in [-0.2, 0) is 6.54 Å². The quantitative estimate of drug-likeness (QED) is 0.890. The normalized spacial score (nSPS) is 10.7. The number of hydrogen-bond acceptors (Lipinski definition) is 3. The van der Waals surface area contributed by atoms with Crippen molar-refractivity contribution in [3.8, 4) is 0 Å². The van der Waals surface area contributed by atoms with E-state index in [2.05, 4.69) is 53.4 Å². The lowest BCUT2D eigenvalue weighted by Crippen LogP contribution is -2.03. The number of aryl methyl sites for hydroxylation is 1. The van der Waals surface area contributed by atoms with Crippen molar-refractivity contribution in [2.75, 3.05) is 5.32 Å². The molecule has 0 unspecified atom stereocenters. The highest BCUT2D eigenvalue weighted by Gasteiger charge is 2.00. The Balaban J connectivity index is 1.95. The summed E-state index contributed by atoms with van der Waals surface area (Å²) < 4.78 is 0. The van der Waals surface area contributed by atoms with Crippen molar-refractivity contribution in [1.29, 1.82) is 0 Å². The second-order valence-corrected chi connectivity index (χ2v) is 4.83. The smallest absolute Gasteiger partial charge is 0.222 e. The van der Waals surface area contributed by atoms with Crippen LogP contribution in [0.15, 0.2) is 36.7 Å². The van der Waals surface area contributed by atoms with Crippen LogP contribution in [0.2, 0.25) is 0 Å². The molecule has 0 spiro atoms. The van der Waals surface area contributed by atoms with Gasteiger partial charge in [-0.15, -0.1) is 0 Å². The van der Waals surface area contributed by atoms with Gasteiger partial charge in [0.1, 0.15) is 0 Å². The molecule has 0 radical (unpaired) electrons. The maximum Gasteiger partial charge on any atom is 0.222 e. The molecule has 0 atom stereocenters. The van der Waals surface area contributed by atoms with E-state index in [0.717, 1.165) is 12.1 Å². The van der Waals surface area contributed by atoms with E-state index in [4.69, 9.17) is 0 Å². The molecule has 0 aliphatic heterocycles. The molecular weight excluding hydrogens is 222 g/mol. The maximum absolute atomic E-state index is 4.22. The summed E-state index contributed by atoms with van der Waals surface area (Å²) in [7, 11) is 0. The van der Waals surface area contributed by atoms with Gasteiger partial charge in [-0.2, -0.15) is 0 Å². The zero-order valence-electron chi connectivity index (χ0n) is 11.1. The van der Waals surface area contributed by atoms with E-state index in [1.54, 1.807) is 0 Å². The molecule has 0 fully saturated rings. The fourth-order valence-electron chi connectivity index (χ4n) is 1.69. The van der Waals surface area contributed by atoms with Crippen LogP contribution in [0.1, 0.15) is 36.5 Å². The number of hydrogen-bond donors (Lipinski definition) is 1. The molecule has 94 valence electrons. The van der Waals surface area contributed by atoms with Crippen molar-refractivity contribution in [2.24, 2.45) is 0 Å². The summed E-state index contributed by atoms with van der Waals surface area (Å²) >= 11 is 0. The van der Waals surface area contributed by atoms with E-state index in [-0.39, 0.29) is 0 Å². The Morgan fingerprint density at radius 2 is 1.67 bits per heavy atom. The zero-order chi connectivity index (χ0) is 13.0. The summed E-state index contributed by atoms with van der Waals surface area (Å²) in [6.45, 7) is 7.14. The first-order valence-electron chi connectivity index (χ1n) is 6.26. The van der Waals surface area contributed by atoms with Crippen molar-refractivity contribution in [3.05, 3.63) is 53.3 Å². The first-order chi connectivity index (χ1) is 8.65. The molecule has 2 aromatic rings. The van der Waals surface area contributed by atoms with E-state index >= 15 is 0 Å². The number of aromatic nitrogens is 2. The molecule has 0 bridgehead atoms. The largest absolute Gasteiger partial charge is 0.350 e. The number of anilines is 1. The van der Waals surface area contributed by atoms with Gasteiger partial charge in [0, 0.05) is 18.9 Å². The van der Waals surface area contributed by atoms with Crippen LogP contribution >= 0.6 is 0 Å². The Bertz CT molecular complexity index is 486. The lowest BCUT2D eigenvalue weighted by Gasteiger charge is -2.08. The van der Waals surface area contributed by atoms with Gasteiger partial charge in [-0.25, -0.2) is 9.97 Å². The third-order valence-electron chi connectivity index (χ3n) is 2.88. The fraction of sp³-hybridized carbons (Fsp3) is 0.333. The van der Waals surface area contributed by atoms with Crippen LogP contribution in [0, 0.1) is 6.92 Å². The van der Waals surface area contributed by atoms with Crippen molar-refractivity contribution in [3.63, 3.8) is 0 Å². The van der Waals surface area contributed by atoms with Crippen LogP contribution in [0.3, 0.4) is 0 Å². The van der Waals surface area contributed by atoms with Crippen LogP contribution in [0.4, 0.5) is 5.95 Å². The standard InChI is InChI=1S/C15H19N3/c1-11(2)14-6-4-13(5-7-14)10-18-15-16-8-12(3)9-17-15/h4-9,11H,10H2,1-3H3,(H,16,17,18). The third kappa shape index (κ3) is 3.29. The summed E-state index contributed by atoms with van der Waals surface area (Å²) in [4.78, 5) is 8.43. The highest BCUT2D eigenvalue weighted by atomic mass is 15.1. The fourth-order valence-corrected chi connectivity index (χ4v) is 1.69. The first kappa shape index (κ1) is 12.6. The van der Waals surface area contributed by atoms with E-state index in [0.29, 0.717) is 11.9 Å². The average Bonchev–Trinajstić information content (AvgIpc) is 2.38. The molecule has 0 aliphatic carbocycles. The average molecular weight is 241 g/mol. The van der Waals surface area contributed by atoms with Gasteiger partial charge < -0.3 is 5.32 Å². The van der Waals surface area contributed by atoms with E-state index in [9.17, 15) is 0 Å². The Labute approximate surface area is 108 Å². The van der Waals surface area contributed by atoms with Crippen molar-refractivity contribution >= 4 is 5.95 Å². The molecule has 1 aromatic carbocycles. The van der Waals surface area contributed by atoms with Gasteiger partial charge in [0.25, 0.3) is 0 Å². The number of nitrogens with zero attached hydrogens (tertiary/aromatic N) is 2. The molecular formula is C15H19N3. The predicted octanol–water partition coefficient (Wildman–Crippen LogP) is 3.52. The Morgan fingerprint density at radius 3 is 2.22 bits per heavy atom. The van der Waals surface area contributed by atoms with Gasteiger partial charge in [0.05, 0.1) is 0 Å². The van der Waals surface area contributed by atoms with Crippen LogP contribution in [0.5, 0.6) is 0 Å². The topological polar surface area (TPSA) is 37.8 Å². The van der Waals surface area contributed by atoms with Crippen LogP contribution in [-0.4, -0.2) is 9.97 Å². The lowest BCUT2D eigenvalue weighted by molar-refractivity contribution is 0.865. The van der Waals surface area contributed by atoms with Crippen molar-refractivity contribution in [1.82, 2.24) is 9.97 Å². The molecule has 18 heavy (non-hydrogen) atoms. The molecule has 1 heterocycles. The summed E-state index contributed by atoms with van der Waals surface area (Å²) in [5.74, 6) is 1.25. The molecule has 3 nitrogen and oxygen atoms in total. The van der Waals surface area contributed by atoms with E-state index in [1.165, 1.54) is 11.1 Å². The van der Waals surface area contributed by atoms with Gasteiger partial charge in [-0.3, -0.25) is 0 Å². The minimum Gasteiger partial charge on any atom is -0.350 e. The Hall–Kier alpha value is -1.90. The van der Waals surface area contributed by atoms with Crippen molar-refractivity contribution in [2.45, 2.75) is 33.2 Å². The van der Waals surface area contributed by atoms with Crippen LogP contribution in [0.25, 0.3) is 0 Å². The summed E-state index contributed by atoms with van der Waals surface area (Å²) in [5, 5.41) is 3.21. The van der Waals surface area contributed by atoms with Gasteiger partial charge in [0.15, 0.2) is 0 Å². The molecule has 2 rings (SSSR count). The second kappa shape index (κ2) is 5.63. The zero-order valence-corrected chi connectivity index (χ0v) is 11.1. The Kier molecular flexibility index (Phi) is 3.92. The van der Waals surface area contributed by atoms with E-state index < -0.39 is 0 Å². The molecule has 0 amide bonds. The van der Waals surface area contributed by atoms with E-state index in [1.807, 2.05) is 19.3 Å². The summed E-state index contributed by atoms with van der Waals surface area (Å²) in [5.41, 5.74) is 3.68. The number of nitrogens with one attached hydrogen (secondary N) is 1. The molecule has 0 aliphatic rings. The molecule has 1 N–H and O–H groups in total. The lowest BCUT2D eigenvalue weighted by atomic mass is 10.0. The summed E-state index contributed by atoms with van der Waals surface area (Å²) in [6, 6.07) is 8.66. The Morgan fingerprint density at radius 1 is 1.06 bits per heavy atom. The molecule has 1 aromatic heterocycles. The maximum atomic E-state index is 4.22. The predicted molar refractivity (Wildman–Crippen MR) is 74.6 cm³/mol. The molecule has 0 saturated carbocycles. The number of rotatable bonds is 4. The highest BCUT2D eigenvalue weighted by Crippen LogP contribution is 2.15.